The highest BCUT2D eigenvalue weighted by atomic mass is 32.2. The molecule has 3 N–H and O–H groups in total. The molecule has 0 bridgehead atoms. The van der Waals surface area contributed by atoms with Crippen LogP contribution in [0.15, 0.2) is 65.0 Å². The molecule has 0 aliphatic carbocycles. The lowest BCUT2D eigenvalue weighted by Gasteiger charge is -2.20. The van der Waals surface area contributed by atoms with Crippen molar-refractivity contribution in [3.63, 3.8) is 0 Å². The summed E-state index contributed by atoms with van der Waals surface area (Å²) in [5.74, 6) is 0. The fourth-order valence-corrected chi connectivity index (χ4v) is 4.68. The Hall–Kier alpha value is -2.75. The average Bonchev–Trinajstić information content (AvgIpc) is 3.18. The lowest BCUT2D eigenvalue weighted by atomic mass is 10.1. The standard InChI is InChI=1S/C20H22N4O3S2/c1-14-8-9-18(15(2)12-14)29(26,27)22-13-17(16-6-4-3-5-7-16)23-19(25)24-20-21-10-11-28-20/h3-12,17,22H,13H2,1-2H3,(H2,21,23,24,25)/t17-/m1/s1. The number of hydrogen-bond acceptors (Lipinski definition) is 5. The molecule has 0 aliphatic rings. The van der Waals surface area contributed by atoms with E-state index in [9.17, 15) is 13.2 Å². The van der Waals surface area contributed by atoms with Crippen molar-refractivity contribution in [3.05, 3.63) is 76.8 Å². The minimum absolute atomic E-state index is 0.00491. The number of sulfonamides is 1. The third-order valence-electron chi connectivity index (χ3n) is 4.26. The van der Waals surface area contributed by atoms with Crippen LogP contribution in [-0.2, 0) is 10.0 Å². The normalized spacial score (nSPS) is 12.3. The van der Waals surface area contributed by atoms with Crippen LogP contribution < -0.4 is 15.4 Å². The molecule has 0 fully saturated rings. The third-order valence-corrected chi connectivity index (χ3v) is 6.53. The van der Waals surface area contributed by atoms with Gasteiger partial charge in [0.25, 0.3) is 0 Å². The molecule has 0 radical (unpaired) electrons. The van der Waals surface area contributed by atoms with E-state index >= 15 is 0 Å². The first-order valence-electron chi connectivity index (χ1n) is 8.94. The van der Waals surface area contributed by atoms with Crippen molar-refractivity contribution in [2.45, 2.75) is 24.8 Å². The van der Waals surface area contributed by atoms with Gasteiger partial charge in [-0.25, -0.2) is 22.9 Å². The van der Waals surface area contributed by atoms with Gasteiger partial charge in [-0.1, -0.05) is 48.0 Å². The van der Waals surface area contributed by atoms with Gasteiger partial charge in [-0.3, -0.25) is 5.32 Å². The van der Waals surface area contributed by atoms with Crippen molar-refractivity contribution in [2.75, 3.05) is 11.9 Å². The van der Waals surface area contributed by atoms with Crippen LogP contribution in [0.4, 0.5) is 9.93 Å². The van der Waals surface area contributed by atoms with Crippen LogP contribution >= 0.6 is 11.3 Å². The first-order chi connectivity index (χ1) is 13.8. The molecule has 3 rings (SSSR count). The second-order valence-electron chi connectivity index (χ2n) is 6.52. The van der Waals surface area contributed by atoms with E-state index in [1.807, 2.05) is 43.3 Å². The van der Waals surface area contributed by atoms with E-state index in [-0.39, 0.29) is 11.4 Å². The van der Waals surface area contributed by atoms with Crippen molar-refractivity contribution < 1.29 is 13.2 Å². The molecule has 2 amide bonds. The van der Waals surface area contributed by atoms with Crippen molar-refractivity contribution in [1.29, 1.82) is 0 Å². The molecule has 3 aromatic rings. The van der Waals surface area contributed by atoms with Gasteiger partial charge in [0.2, 0.25) is 10.0 Å². The molecule has 1 heterocycles. The summed E-state index contributed by atoms with van der Waals surface area (Å²) in [7, 11) is -3.73. The molecule has 1 atom stereocenters. The van der Waals surface area contributed by atoms with E-state index in [2.05, 4.69) is 20.3 Å². The Bertz CT molecular complexity index is 1070. The Balaban J connectivity index is 1.75. The Morgan fingerprint density at radius 2 is 1.90 bits per heavy atom. The van der Waals surface area contributed by atoms with Gasteiger partial charge in [0, 0.05) is 18.1 Å². The second-order valence-corrected chi connectivity index (χ2v) is 9.15. The maximum atomic E-state index is 12.8. The second kappa shape index (κ2) is 9.17. The third kappa shape index (κ3) is 5.63. The first-order valence-corrected chi connectivity index (χ1v) is 11.3. The molecule has 0 unspecified atom stereocenters. The van der Waals surface area contributed by atoms with Crippen LogP contribution in [0, 0.1) is 13.8 Å². The van der Waals surface area contributed by atoms with E-state index in [4.69, 9.17) is 0 Å². The smallest absolute Gasteiger partial charge is 0.321 e. The summed E-state index contributed by atoms with van der Waals surface area (Å²) in [6.07, 6.45) is 1.59. The number of nitrogens with one attached hydrogen (secondary N) is 3. The fraction of sp³-hybridized carbons (Fsp3) is 0.200. The molecule has 7 nitrogen and oxygen atoms in total. The highest BCUT2D eigenvalue weighted by Crippen LogP contribution is 2.18. The predicted molar refractivity (Wildman–Crippen MR) is 115 cm³/mol. The van der Waals surface area contributed by atoms with Gasteiger partial charge < -0.3 is 5.32 Å². The summed E-state index contributed by atoms with van der Waals surface area (Å²) < 4.78 is 28.2. The number of carbonyl (C=O) groups excluding carboxylic acids is 1. The number of benzene rings is 2. The molecule has 152 valence electrons. The zero-order valence-electron chi connectivity index (χ0n) is 16.0. The van der Waals surface area contributed by atoms with Crippen molar-refractivity contribution in [3.8, 4) is 0 Å². The van der Waals surface area contributed by atoms with E-state index in [0.717, 1.165) is 11.1 Å². The van der Waals surface area contributed by atoms with Crippen LogP contribution in [0.1, 0.15) is 22.7 Å². The molecule has 0 aliphatic heterocycles. The zero-order chi connectivity index (χ0) is 20.9. The van der Waals surface area contributed by atoms with Crippen molar-refractivity contribution in [1.82, 2.24) is 15.0 Å². The van der Waals surface area contributed by atoms with Gasteiger partial charge in [-0.05, 0) is 31.0 Å². The van der Waals surface area contributed by atoms with E-state index in [0.29, 0.717) is 10.7 Å². The summed E-state index contributed by atoms with van der Waals surface area (Å²) in [4.78, 5) is 16.6. The molecule has 9 heteroatoms. The zero-order valence-corrected chi connectivity index (χ0v) is 17.7. The number of urea groups is 1. The Labute approximate surface area is 174 Å². The Kier molecular flexibility index (Phi) is 6.63. The average molecular weight is 431 g/mol. The minimum Gasteiger partial charge on any atom is -0.330 e. The minimum atomic E-state index is -3.73. The predicted octanol–water partition coefficient (Wildman–Crippen LogP) is 3.60. The number of anilines is 1. The van der Waals surface area contributed by atoms with Gasteiger partial charge in [0.05, 0.1) is 10.9 Å². The number of aryl methyl sites for hydroxylation is 2. The van der Waals surface area contributed by atoms with Crippen molar-refractivity contribution >= 4 is 32.5 Å². The summed E-state index contributed by atoms with van der Waals surface area (Å²) in [5.41, 5.74) is 2.44. The topological polar surface area (TPSA) is 100 Å². The van der Waals surface area contributed by atoms with E-state index < -0.39 is 22.1 Å². The number of amides is 2. The molecular weight excluding hydrogens is 408 g/mol. The molecular formula is C20H22N4O3S2. The molecule has 29 heavy (non-hydrogen) atoms. The molecule has 1 aromatic heterocycles. The summed E-state index contributed by atoms with van der Waals surface area (Å²) in [5, 5.41) is 7.67. The molecule has 2 aromatic carbocycles. The number of thiazole rings is 1. The van der Waals surface area contributed by atoms with Gasteiger partial charge in [0.15, 0.2) is 5.13 Å². The Morgan fingerprint density at radius 3 is 2.55 bits per heavy atom. The number of carbonyl (C=O) groups is 1. The van der Waals surface area contributed by atoms with Crippen LogP contribution in [0.3, 0.4) is 0 Å². The first kappa shape index (κ1) is 21.0. The number of nitrogens with zero attached hydrogens (tertiary/aromatic N) is 1. The van der Waals surface area contributed by atoms with Crippen LogP contribution in [0.5, 0.6) is 0 Å². The van der Waals surface area contributed by atoms with E-state index in [1.54, 1.807) is 30.6 Å². The monoisotopic (exact) mass is 430 g/mol. The van der Waals surface area contributed by atoms with Crippen molar-refractivity contribution in [2.24, 2.45) is 0 Å². The van der Waals surface area contributed by atoms with Crippen LogP contribution in [0.25, 0.3) is 0 Å². The quantitative estimate of drug-likeness (QED) is 0.533. The lowest BCUT2D eigenvalue weighted by Crippen LogP contribution is -2.39. The summed E-state index contributed by atoms with van der Waals surface area (Å²) in [6, 6.07) is 13.3. The van der Waals surface area contributed by atoms with Crippen LogP contribution in [-0.4, -0.2) is 26.0 Å². The summed E-state index contributed by atoms with van der Waals surface area (Å²) >= 11 is 1.30. The lowest BCUT2D eigenvalue weighted by molar-refractivity contribution is 0.248. The maximum absolute atomic E-state index is 12.8. The highest BCUT2D eigenvalue weighted by Gasteiger charge is 2.21. The number of aromatic nitrogens is 1. The maximum Gasteiger partial charge on any atom is 0.321 e. The highest BCUT2D eigenvalue weighted by molar-refractivity contribution is 7.89. The van der Waals surface area contributed by atoms with Gasteiger partial charge in [-0.15, -0.1) is 11.3 Å². The van der Waals surface area contributed by atoms with E-state index in [1.165, 1.54) is 11.3 Å². The fourth-order valence-electron chi connectivity index (χ4n) is 2.89. The summed E-state index contributed by atoms with van der Waals surface area (Å²) in [6.45, 7) is 3.67. The number of rotatable bonds is 7. The largest absolute Gasteiger partial charge is 0.330 e. The Morgan fingerprint density at radius 1 is 1.14 bits per heavy atom. The van der Waals surface area contributed by atoms with Crippen LogP contribution in [0.2, 0.25) is 0 Å². The molecule has 0 spiro atoms. The van der Waals surface area contributed by atoms with Gasteiger partial charge in [-0.2, -0.15) is 0 Å². The molecule has 0 saturated heterocycles. The number of hydrogen-bond donors (Lipinski definition) is 3. The van der Waals surface area contributed by atoms with Gasteiger partial charge in [0.1, 0.15) is 0 Å². The van der Waals surface area contributed by atoms with Gasteiger partial charge >= 0.3 is 6.03 Å². The SMILES string of the molecule is Cc1ccc(S(=O)(=O)NC[C@@H](NC(=O)Nc2nccs2)c2ccccc2)c(C)c1. The molecule has 0 saturated carbocycles.